The topological polar surface area (TPSA) is 35.2 Å². The maximum atomic E-state index is 13.0. The summed E-state index contributed by atoms with van der Waals surface area (Å²) in [6.07, 6.45) is -2.57. The van der Waals surface area contributed by atoms with Gasteiger partial charge in [-0.05, 0) is 42.3 Å². The maximum Gasteiger partial charge on any atom is 0.420 e. The second kappa shape index (κ2) is 6.08. The highest BCUT2D eigenvalue weighted by Gasteiger charge is 2.34. The first-order chi connectivity index (χ1) is 9.90. The van der Waals surface area contributed by atoms with E-state index in [0.717, 1.165) is 24.5 Å². The molecule has 0 fully saturated rings. The molecule has 0 saturated carbocycles. The number of alkyl halides is 3. The average Bonchev–Trinajstić information content (AvgIpc) is 2.42. The smallest absolute Gasteiger partial charge is 0.420 e. The molecule has 0 aliphatic carbocycles. The minimum absolute atomic E-state index is 0.0490. The Bertz CT molecular complexity index is 606. The predicted octanol–water partition coefficient (Wildman–Crippen LogP) is 5.03. The van der Waals surface area contributed by atoms with E-state index in [0.29, 0.717) is 5.75 Å². The molecule has 0 aromatic heterocycles. The first-order valence-corrected chi connectivity index (χ1v) is 6.63. The van der Waals surface area contributed by atoms with Crippen LogP contribution in [0, 0.1) is 0 Å². The van der Waals surface area contributed by atoms with E-state index < -0.39 is 11.7 Å². The van der Waals surface area contributed by atoms with Crippen LogP contribution >= 0.6 is 0 Å². The lowest BCUT2D eigenvalue weighted by Gasteiger charge is -2.14. The number of ether oxygens (including phenoxy) is 1. The average molecular weight is 295 g/mol. The molecule has 2 N–H and O–H groups in total. The number of nitrogen functional groups attached to an aromatic ring is 1. The zero-order chi connectivity index (χ0) is 15.5. The molecule has 2 aromatic carbocycles. The highest BCUT2D eigenvalue weighted by atomic mass is 19.4. The minimum Gasteiger partial charge on any atom is -0.457 e. The number of rotatable bonds is 4. The molecule has 2 aromatic rings. The van der Waals surface area contributed by atoms with Gasteiger partial charge in [0.15, 0.2) is 0 Å². The second-order valence-corrected chi connectivity index (χ2v) is 4.75. The fourth-order valence-corrected chi connectivity index (χ4v) is 2.00. The largest absolute Gasteiger partial charge is 0.457 e. The quantitative estimate of drug-likeness (QED) is 0.803. The third kappa shape index (κ3) is 3.90. The van der Waals surface area contributed by atoms with Gasteiger partial charge in [0, 0.05) is 5.69 Å². The molecule has 0 atom stereocenters. The molecule has 0 spiro atoms. The van der Waals surface area contributed by atoms with E-state index in [9.17, 15) is 13.2 Å². The van der Waals surface area contributed by atoms with Crippen molar-refractivity contribution >= 4 is 5.69 Å². The van der Waals surface area contributed by atoms with Gasteiger partial charge in [-0.2, -0.15) is 13.2 Å². The lowest BCUT2D eigenvalue weighted by atomic mass is 10.1. The Morgan fingerprint density at radius 2 is 1.71 bits per heavy atom. The first kappa shape index (κ1) is 15.2. The molecular formula is C16H16F3NO. The zero-order valence-corrected chi connectivity index (χ0v) is 11.6. The predicted molar refractivity (Wildman–Crippen MR) is 76.4 cm³/mol. The summed E-state index contributed by atoms with van der Waals surface area (Å²) in [6, 6.07) is 10.5. The number of hydrogen-bond acceptors (Lipinski definition) is 2. The summed E-state index contributed by atoms with van der Waals surface area (Å²) >= 11 is 0. The molecule has 0 unspecified atom stereocenters. The Balaban J connectivity index is 2.27. The van der Waals surface area contributed by atoms with Gasteiger partial charge in [-0.15, -0.1) is 0 Å². The summed E-state index contributed by atoms with van der Waals surface area (Å²) in [5.41, 5.74) is 5.71. The molecule has 0 aliphatic rings. The van der Waals surface area contributed by atoms with E-state index in [1.165, 1.54) is 12.1 Å². The molecule has 0 saturated heterocycles. The summed E-state index contributed by atoms with van der Waals surface area (Å²) in [6.45, 7) is 2.06. The SMILES string of the molecule is CCCc1ccc(Oc2ccc(N)cc2C(F)(F)F)cc1. The van der Waals surface area contributed by atoms with Gasteiger partial charge in [-0.1, -0.05) is 25.5 Å². The summed E-state index contributed by atoms with van der Waals surface area (Å²) in [4.78, 5) is 0. The molecule has 5 heteroatoms. The second-order valence-electron chi connectivity index (χ2n) is 4.75. The van der Waals surface area contributed by atoms with Gasteiger partial charge in [0.05, 0.1) is 0 Å². The fourth-order valence-electron chi connectivity index (χ4n) is 2.00. The molecule has 0 aliphatic heterocycles. The van der Waals surface area contributed by atoms with Gasteiger partial charge in [0.2, 0.25) is 0 Å². The van der Waals surface area contributed by atoms with Crippen LogP contribution in [0.4, 0.5) is 18.9 Å². The van der Waals surface area contributed by atoms with E-state index in [-0.39, 0.29) is 11.4 Å². The van der Waals surface area contributed by atoms with Crippen molar-refractivity contribution in [2.75, 3.05) is 5.73 Å². The summed E-state index contributed by atoms with van der Waals surface area (Å²) in [5.74, 6) is 0.116. The van der Waals surface area contributed by atoms with Crippen molar-refractivity contribution in [3.63, 3.8) is 0 Å². The van der Waals surface area contributed by atoms with E-state index >= 15 is 0 Å². The number of halogens is 3. The molecular weight excluding hydrogens is 279 g/mol. The summed E-state index contributed by atoms with van der Waals surface area (Å²) in [5, 5.41) is 0. The van der Waals surface area contributed by atoms with Crippen LogP contribution in [0.2, 0.25) is 0 Å². The van der Waals surface area contributed by atoms with Crippen LogP contribution in [0.25, 0.3) is 0 Å². The van der Waals surface area contributed by atoms with Crippen molar-refractivity contribution in [2.45, 2.75) is 25.9 Å². The van der Waals surface area contributed by atoms with Crippen LogP contribution in [0.3, 0.4) is 0 Å². The van der Waals surface area contributed by atoms with Crippen molar-refractivity contribution in [3.05, 3.63) is 53.6 Å². The number of benzene rings is 2. The number of anilines is 1. The zero-order valence-electron chi connectivity index (χ0n) is 11.6. The number of hydrogen-bond donors (Lipinski definition) is 1. The molecule has 2 rings (SSSR count). The normalized spacial score (nSPS) is 11.4. The van der Waals surface area contributed by atoms with Gasteiger partial charge in [0.1, 0.15) is 17.1 Å². The summed E-state index contributed by atoms with van der Waals surface area (Å²) < 4.78 is 44.2. The Morgan fingerprint density at radius 3 is 2.29 bits per heavy atom. The van der Waals surface area contributed by atoms with Gasteiger partial charge < -0.3 is 10.5 Å². The van der Waals surface area contributed by atoms with Gasteiger partial charge in [0.25, 0.3) is 0 Å². The molecule has 0 heterocycles. The Kier molecular flexibility index (Phi) is 4.40. The lowest BCUT2D eigenvalue weighted by molar-refractivity contribution is -0.138. The van der Waals surface area contributed by atoms with E-state index in [1.54, 1.807) is 12.1 Å². The van der Waals surface area contributed by atoms with Crippen LogP contribution in [-0.4, -0.2) is 0 Å². The standard InChI is InChI=1S/C16H16F3NO/c1-2-3-11-4-7-13(8-5-11)21-15-9-6-12(20)10-14(15)16(17,18)19/h4-10H,2-3,20H2,1H3. The Hall–Kier alpha value is -2.17. The van der Waals surface area contributed by atoms with Crippen molar-refractivity contribution in [2.24, 2.45) is 0 Å². The van der Waals surface area contributed by atoms with Crippen LogP contribution in [0.1, 0.15) is 24.5 Å². The van der Waals surface area contributed by atoms with Crippen molar-refractivity contribution in [3.8, 4) is 11.5 Å². The third-order valence-corrected chi connectivity index (χ3v) is 3.00. The Morgan fingerprint density at radius 1 is 1.05 bits per heavy atom. The number of nitrogens with two attached hydrogens (primary N) is 1. The van der Waals surface area contributed by atoms with E-state index in [2.05, 4.69) is 6.92 Å². The van der Waals surface area contributed by atoms with E-state index in [1.807, 2.05) is 12.1 Å². The molecule has 112 valence electrons. The molecule has 21 heavy (non-hydrogen) atoms. The fraction of sp³-hybridized carbons (Fsp3) is 0.250. The molecule has 2 nitrogen and oxygen atoms in total. The van der Waals surface area contributed by atoms with Crippen LogP contribution in [0.5, 0.6) is 11.5 Å². The molecule has 0 radical (unpaired) electrons. The monoisotopic (exact) mass is 295 g/mol. The molecule has 0 bridgehead atoms. The van der Waals surface area contributed by atoms with Gasteiger partial charge in [-0.25, -0.2) is 0 Å². The highest BCUT2D eigenvalue weighted by molar-refractivity contribution is 5.50. The third-order valence-electron chi connectivity index (χ3n) is 3.00. The van der Waals surface area contributed by atoms with Crippen molar-refractivity contribution < 1.29 is 17.9 Å². The minimum atomic E-state index is -4.51. The van der Waals surface area contributed by atoms with Crippen molar-refractivity contribution in [1.82, 2.24) is 0 Å². The van der Waals surface area contributed by atoms with Gasteiger partial charge in [-0.3, -0.25) is 0 Å². The van der Waals surface area contributed by atoms with Crippen LogP contribution in [-0.2, 0) is 12.6 Å². The molecule has 0 amide bonds. The highest BCUT2D eigenvalue weighted by Crippen LogP contribution is 2.39. The summed E-state index contributed by atoms with van der Waals surface area (Å²) in [7, 11) is 0. The van der Waals surface area contributed by atoms with Crippen molar-refractivity contribution in [1.29, 1.82) is 0 Å². The Labute approximate surface area is 121 Å². The maximum absolute atomic E-state index is 13.0. The number of aryl methyl sites for hydroxylation is 1. The lowest BCUT2D eigenvalue weighted by Crippen LogP contribution is -2.08. The van der Waals surface area contributed by atoms with E-state index in [4.69, 9.17) is 10.5 Å². The van der Waals surface area contributed by atoms with Crippen LogP contribution < -0.4 is 10.5 Å². The van der Waals surface area contributed by atoms with Gasteiger partial charge >= 0.3 is 6.18 Å². The van der Waals surface area contributed by atoms with Crippen LogP contribution in [0.15, 0.2) is 42.5 Å². The first-order valence-electron chi connectivity index (χ1n) is 6.63.